The van der Waals surface area contributed by atoms with E-state index < -0.39 is 0 Å². The topological polar surface area (TPSA) is 43.8 Å². The molecule has 1 aliphatic carbocycles. The Balaban J connectivity index is 1.88. The Morgan fingerprint density at radius 2 is 2.21 bits per heavy atom. The van der Waals surface area contributed by atoms with Gasteiger partial charge >= 0.3 is 0 Å². The van der Waals surface area contributed by atoms with Gasteiger partial charge in [0.2, 0.25) is 0 Å². The summed E-state index contributed by atoms with van der Waals surface area (Å²) in [6.45, 7) is 3.14. The van der Waals surface area contributed by atoms with Crippen LogP contribution in [0.2, 0.25) is 0 Å². The number of imidazole rings is 1. The molecule has 2 N–H and O–H groups in total. The van der Waals surface area contributed by atoms with E-state index in [4.69, 9.17) is 5.73 Å². The maximum atomic E-state index is 6.22. The second-order valence-electron chi connectivity index (χ2n) is 5.43. The van der Waals surface area contributed by atoms with Crippen LogP contribution >= 0.6 is 0 Å². The molecule has 19 heavy (non-hydrogen) atoms. The van der Waals surface area contributed by atoms with Crippen molar-refractivity contribution in [1.82, 2.24) is 9.55 Å². The van der Waals surface area contributed by atoms with Gasteiger partial charge in [-0.2, -0.15) is 0 Å². The Kier molecular flexibility index (Phi) is 3.28. The average molecular weight is 255 g/mol. The summed E-state index contributed by atoms with van der Waals surface area (Å²) < 4.78 is 2.06. The summed E-state index contributed by atoms with van der Waals surface area (Å²) in [4.78, 5) is 4.50. The Morgan fingerprint density at radius 1 is 1.37 bits per heavy atom. The third-order valence-corrected chi connectivity index (χ3v) is 3.84. The van der Waals surface area contributed by atoms with Crippen LogP contribution < -0.4 is 5.73 Å². The van der Waals surface area contributed by atoms with Crippen LogP contribution in [0.5, 0.6) is 0 Å². The first-order valence-corrected chi connectivity index (χ1v) is 7.20. The molecule has 0 amide bonds. The zero-order valence-electron chi connectivity index (χ0n) is 11.5. The summed E-state index contributed by atoms with van der Waals surface area (Å²) in [6, 6.07) is 8.69. The number of hydrogen-bond acceptors (Lipinski definition) is 2. The molecule has 100 valence electrons. The van der Waals surface area contributed by atoms with E-state index in [-0.39, 0.29) is 0 Å². The molecule has 0 aliphatic heterocycles. The SMILES string of the molecule is CCCCn1cnc(-c2cccc(C3CC3)c2)c1N. The minimum atomic E-state index is 0.767. The monoisotopic (exact) mass is 255 g/mol. The van der Waals surface area contributed by atoms with E-state index in [1.54, 1.807) is 0 Å². The van der Waals surface area contributed by atoms with Crippen molar-refractivity contribution in [3.63, 3.8) is 0 Å². The molecule has 0 bridgehead atoms. The molecule has 1 saturated carbocycles. The van der Waals surface area contributed by atoms with E-state index in [0.717, 1.165) is 36.0 Å². The molecular formula is C16H21N3. The van der Waals surface area contributed by atoms with Gasteiger partial charge in [0.05, 0.1) is 6.33 Å². The Labute approximate surface area is 114 Å². The molecule has 0 radical (unpaired) electrons. The first-order chi connectivity index (χ1) is 9.29. The van der Waals surface area contributed by atoms with Crippen molar-refractivity contribution in [1.29, 1.82) is 0 Å². The Hall–Kier alpha value is -1.77. The van der Waals surface area contributed by atoms with Gasteiger partial charge in [0.15, 0.2) is 0 Å². The number of unbranched alkanes of at least 4 members (excludes halogenated alkanes) is 1. The number of rotatable bonds is 5. The lowest BCUT2D eigenvalue weighted by Gasteiger charge is -2.06. The van der Waals surface area contributed by atoms with Crippen LogP contribution in [0.15, 0.2) is 30.6 Å². The molecule has 0 spiro atoms. The fourth-order valence-electron chi connectivity index (χ4n) is 2.48. The van der Waals surface area contributed by atoms with Crippen LogP contribution in [0.4, 0.5) is 5.82 Å². The van der Waals surface area contributed by atoms with Crippen LogP contribution in [0.25, 0.3) is 11.3 Å². The number of nitrogens with two attached hydrogens (primary N) is 1. The van der Waals surface area contributed by atoms with Crippen LogP contribution in [0, 0.1) is 0 Å². The summed E-state index contributed by atoms with van der Waals surface area (Å²) in [5.41, 5.74) is 9.73. The molecule has 0 saturated heterocycles. The molecular weight excluding hydrogens is 234 g/mol. The Bertz CT molecular complexity index is 567. The highest BCUT2D eigenvalue weighted by atomic mass is 15.1. The molecule has 1 aromatic carbocycles. The number of nitrogens with zero attached hydrogens (tertiary/aromatic N) is 2. The van der Waals surface area contributed by atoms with E-state index in [2.05, 4.69) is 40.7 Å². The molecule has 0 atom stereocenters. The number of nitrogen functional groups attached to an aromatic ring is 1. The van der Waals surface area contributed by atoms with Crippen molar-refractivity contribution in [3.05, 3.63) is 36.2 Å². The summed E-state index contributed by atoms with van der Waals surface area (Å²) in [5.74, 6) is 1.56. The maximum absolute atomic E-state index is 6.22. The van der Waals surface area contributed by atoms with E-state index in [1.165, 1.54) is 24.8 Å². The van der Waals surface area contributed by atoms with Crippen molar-refractivity contribution >= 4 is 5.82 Å². The van der Waals surface area contributed by atoms with Crippen LogP contribution in [0.1, 0.15) is 44.1 Å². The van der Waals surface area contributed by atoms with Gasteiger partial charge in [0, 0.05) is 12.1 Å². The molecule has 0 unspecified atom stereocenters. The summed E-state index contributed by atoms with van der Waals surface area (Å²) >= 11 is 0. The van der Waals surface area contributed by atoms with Gasteiger partial charge in [-0.25, -0.2) is 4.98 Å². The largest absolute Gasteiger partial charge is 0.383 e. The van der Waals surface area contributed by atoms with Crippen molar-refractivity contribution in [2.75, 3.05) is 5.73 Å². The molecule has 1 fully saturated rings. The number of aromatic nitrogens is 2. The first kappa shape index (κ1) is 12.3. The van der Waals surface area contributed by atoms with E-state index >= 15 is 0 Å². The molecule has 1 heterocycles. The van der Waals surface area contributed by atoms with Gasteiger partial charge in [-0.3, -0.25) is 0 Å². The second kappa shape index (κ2) is 5.08. The zero-order chi connectivity index (χ0) is 13.2. The van der Waals surface area contributed by atoms with Crippen LogP contribution in [0.3, 0.4) is 0 Å². The van der Waals surface area contributed by atoms with Gasteiger partial charge in [-0.15, -0.1) is 0 Å². The predicted octanol–water partition coefficient (Wildman–Crippen LogP) is 3.81. The third kappa shape index (κ3) is 2.50. The quantitative estimate of drug-likeness (QED) is 0.883. The molecule has 3 nitrogen and oxygen atoms in total. The lowest BCUT2D eigenvalue weighted by molar-refractivity contribution is 0.637. The zero-order valence-corrected chi connectivity index (χ0v) is 11.5. The van der Waals surface area contributed by atoms with E-state index in [9.17, 15) is 0 Å². The van der Waals surface area contributed by atoms with Crippen LogP contribution in [-0.4, -0.2) is 9.55 Å². The number of aryl methyl sites for hydroxylation is 1. The number of anilines is 1. The molecule has 3 rings (SSSR count). The van der Waals surface area contributed by atoms with Crippen molar-refractivity contribution in [3.8, 4) is 11.3 Å². The smallest absolute Gasteiger partial charge is 0.131 e. The lowest BCUT2D eigenvalue weighted by Crippen LogP contribution is -2.02. The maximum Gasteiger partial charge on any atom is 0.131 e. The third-order valence-electron chi connectivity index (χ3n) is 3.84. The second-order valence-corrected chi connectivity index (χ2v) is 5.43. The molecule has 3 heteroatoms. The number of benzene rings is 1. The first-order valence-electron chi connectivity index (χ1n) is 7.20. The lowest BCUT2D eigenvalue weighted by atomic mass is 10.1. The Morgan fingerprint density at radius 3 is 2.95 bits per heavy atom. The van der Waals surface area contributed by atoms with Gasteiger partial charge < -0.3 is 10.3 Å². The minimum absolute atomic E-state index is 0.767. The molecule has 1 aromatic heterocycles. The highest BCUT2D eigenvalue weighted by molar-refractivity contribution is 5.71. The molecule has 1 aliphatic rings. The van der Waals surface area contributed by atoms with Crippen LogP contribution in [-0.2, 0) is 6.54 Å². The number of hydrogen-bond donors (Lipinski definition) is 1. The average Bonchev–Trinajstić information content (AvgIpc) is 3.22. The molecule has 2 aromatic rings. The van der Waals surface area contributed by atoms with E-state index in [1.807, 2.05) is 6.33 Å². The van der Waals surface area contributed by atoms with E-state index in [0.29, 0.717) is 0 Å². The fourth-order valence-corrected chi connectivity index (χ4v) is 2.48. The van der Waals surface area contributed by atoms with Gasteiger partial charge in [0.1, 0.15) is 11.5 Å². The highest BCUT2D eigenvalue weighted by Crippen LogP contribution is 2.41. The van der Waals surface area contributed by atoms with Gasteiger partial charge in [-0.05, 0) is 36.8 Å². The van der Waals surface area contributed by atoms with Crippen molar-refractivity contribution in [2.45, 2.75) is 45.1 Å². The summed E-state index contributed by atoms with van der Waals surface area (Å²) in [6.07, 6.45) is 6.82. The van der Waals surface area contributed by atoms with Gasteiger partial charge in [0.25, 0.3) is 0 Å². The predicted molar refractivity (Wildman–Crippen MR) is 79.0 cm³/mol. The normalized spacial score (nSPS) is 14.8. The fraction of sp³-hybridized carbons (Fsp3) is 0.438. The standard InChI is InChI=1S/C16H21N3/c1-2-3-9-19-11-18-15(16(19)17)14-6-4-5-13(10-14)12-7-8-12/h4-6,10-12H,2-3,7-9,17H2,1H3. The summed E-state index contributed by atoms with van der Waals surface area (Å²) in [5, 5.41) is 0. The van der Waals surface area contributed by atoms with Crippen molar-refractivity contribution in [2.24, 2.45) is 0 Å². The van der Waals surface area contributed by atoms with Crippen molar-refractivity contribution < 1.29 is 0 Å². The minimum Gasteiger partial charge on any atom is -0.383 e. The summed E-state index contributed by atoms with van der Waals surface area (Å²) in [7, 11) is 0. The highest BCUT2D eigenvalue weighted by Gasteiger charge is 2.23. The van der Waals surface area contributed by atoms with Gasteiger partial charge in [-0.1, -0.05) is 31.5 Å².